The van der Waals surface area contributed by atoms with Gasteiger partial charge in [0.25, 0.3) is 0 Å². The third-order valence-electron chi connectivity index (χ3n) is 4.12. The number of benzene rings is 1. The summed E-state index contributed by atoms with van der Waals surface area (Å²) in [5, 5.41) is 6.92. The van der Waals surface area contributed by atoms with Crippen LogP contribution in [0.2, 0.25) is 0 Å². The Bertz CT molecular complexity index is 993. The van der Waals surface area contributed by atoms with E-state index in [-0.39, 0.29) is 29.2 Å². The highest BCUT2D eigenvalue weighted by atomic mass is 32.1. The van der Waals surface area contributed by atoms with E-state index in [1.165, 1.54) is 29.5 Å². The summed E-state index contributed by atoms with van der Waals surface area (Å²) in [5.74, 6) is -1.73. The number of halogens is 2. The highest BCUT2D eigenvalue weighted by molar-refractivity contribution is 7.10. The molecule has 0 bridgehead atoms. The van der Waals surface area contributed by atoms with Gasteiger partial charge < -0.3 is 24.8 Å². The van der Waals surface area contributed by atoms with Crippen LogP contribution in [0.25, 0.3) is 0 Å². The molecule has 164 valence electrons. The van der Waals surface area contributed by atoms with E-state index in [1.54, 1.807) is 24.4 Å². The van der Waals surface area contributed by atoms with Crippen molar-refractivity contribution < 1.29 is 37.4 Å². The standard InChI is InChI=1S/C20H18F2N2O6S/c1-2-28-18(26)15-13(23-20(27)24-16(15)14-7-4-8-31-14)10-29-17(25)11-5-3-6-12(9-11)30-19(21)22/h3-9,16,19H,2,10H2,1H3,(H2,23,24,27)/t16-/m0/s1. The third kappa shape index (κ3) is 5.57. The van der Waals surface area contributed by atoms with Crippen LogP contribution in [-0.2, 0) is 14.3 Å². The number of hydrogen-bond donors (Lipinski definition) is 2. The largest absolute Gasteiger partial charge is 0.463 e. The van der Waals surface area contributed by atoms with Gasteiger partial charge in [-0.2, -0.15) is 8.78 Å². The summed E-state index contributed by atoms with van der Waals surface area (Å²) in [6, 6.07) is 7.25. The molecule has 2 aromatic rings. The second-order valence-corrected chi connectivity index (χ2v) is 7.12. The summed E-state index contributed by atoms with van der Waals surface area (Å²) in [4.78, 5) is 37.8. The minimum absolute atomic E-state index is 0.0356. The Morgan fingerprint density at radius 3 is 2.65 bits per heavy atom. The van der Waals surface area contributed by atoms with Crippen molar-refractivity contribution in [3.63, 3.8) is 0 Å². The summed E-state index contributed by atoms with van der Waals surface area (Å²) >= 11 is 1.33. The molecule has 0 fully saturated rings. The highest BCUT2D eigenvalue weighted by Gasteiger charge is 2.34. The zero-order valence-corrected chi connectivity index (χ0v) is 17.0. The summed E-state index contributed by atoms with van der Waals surface area (Å²) in [6.07, 6.45) is 0. The van der Waals surface area contributed by atoms with Gasteiger partial charge in [0, 0.05) is 4.88 Å². The molecule has 2 amide bonds. The normalized spacial score (nSPS) is 15.9. The maximum atomic E-state index is 12.6. The molecule has 1 aliphatic rings. The van der Waals surface area contributed by atoms with Crippen molar-refractivity contribution >= 4 is 29.3 Å². The molecule has 2 N–H and O–H groups in total. The average Bonchev–Trinajstić information content (AvgIpc) is 3.26. The van der Waals surface area contributed by atoms with Gasteiger partial charge in [-0.05, 0) is 36.6 Å². The van der Waals surface area contributed by atoms with Crippen molar-refractivity contribution in [2.75, 3.05) is 13.2 Å². The molecule has 11 heteroatoms. The number of carbonyl (C=O) groups is 3. The van der Waals surface area contributed by atoms with Crippen LogP contribution in [-0.4, -0.2) is 37.8 Å². The van der Waals surface area contributed by atoms with Gasteiger partial charge in [0.2, 0.25) is 0 Å². The van der Waals surface area contributed by atoms with Crippen LogP contribution in [0.4, 0.5) is 13.6 Å². The lowest BCUT2D eigenvalue weighted by atomic mass is 10.0. The number of amides is 2. The third-order valence-corrected chi connectivity index (χ3v) is 5.06. The molecule has 0 saturated carbocycles. The number of thiophene rings is 1. The minimum atomic E-state index is -3.04. The second-order valence-electron chi connectivity index (χ2n) is 6.14. The first kappa shape index (κ1) is 22.2. The van der Waals surface area contributed by atoms with Crippen LogP contribution in [0, 0.1) is 0 Å². The molecule has 1 atom stereocenters. The first-order valence-electron chi connectivity index (χ1n) is 9.12. The monoisotopic (exact) mass is 452 g/mol. The van der Waals surface area contributed by atoms with E-state index < -0.39 is 37.2 Å². The van der Waals surface area contributed by atoms with Crippen molar-refractivity contribution in [2.45, 2.75) is 19.6 Å². The van der Waals surface area contributed by atoms with Crippen LogP contribution >= 0.6 is 11.3 Å². The van der Waals surface area contributed by atoms with E-state index in [2.05, 4.69) is 15.4 Å². The van der Waals surface area contributed by atoms with Crippen LogP contribution in [0.15, 0.2) is 53.0 Å². The Hall–Kier alpha value is -3.47. The van der Waals surface area contributed by atoms with Crippen molar-refractivity contribution in [2.24, 2.45) is 0 Å². The Labute approximate surface area is 179 Å². The van der Waals surface area contributed by atoms with Crippen molar-refractivity contribution in [1.82, 2.24) is 10.6 Å². The summed E-state index contributed by atoms with van der Waals surface area (Å²) in [6.45, 7) is -1.73. The number of carbonyl (C=O) groups excluding carboxylic acids is 3. The van der Waals surface area contributed by atoms with E-state index in [0.29, 0.717) is 4.88 Å². The molecule has 1 aromatic heterocycles. The van der Waals surface area contributed by atoms with Gasteiger partial charge in [-0.3, -0.25) is 0 Å². The van der Waals surface area contributed by atoms with Crippen LogP contribution in [0.1, 0.15) is 28.2 Å². The predicted molar refractivity (Wildman–Crippen MR) is 106 cm³/mol. The molecule has 31 heavy (non-hydrogen) atoms. The fraction of sp³-hybridized carbons (Fsp3) is 0.250. The molecule has 0 radical (unpaired) electrons. The number of nitrogens with one attached hydrogen (secondary N) is 2. The second kappa shape index (κ2) is 10.0. The molecule has 1 aromatic carbocycles. The lowest BCUT2D eigenvalue weighted by molar-refractivity contribution is -0.139. The molecule has 0 unspecified atom stereocenters. The maximum absolute atomic E-state index is 12.6. The smallest absolute Gasteiger partial charge is 0.387 e. The van der Waals surface area contributed by atoms with Gasteiger partial charge in [0.1, 0.15) is 12.4 Å². The fourth-order valence-electron chi connectivity index (χ4n) is 2.87. The van der Waals surface area contributed by atoms with Gasteiger partial charge in [0.05, 0.1) is 29.5 Å². The van der Waals surface area contributed by atoms with E-state index in [9.17, 15) is 23.2 Å². The van der Waals surface area contributed by atoms with Crippen molar-refractivity contribution in [3.8, 4) is 5.75 Å². The Morgan fingerprint density at radius 1 is 1.16 bits per heavy atom. The lowest BCUT2D eigenvalue weighted by Gasteiger charge is -2.28. The van der Waals surface area contributed by atoms with Crippen LogP contribution in [0.5, 0.6) is 5.75 Å². The molecule has 0 spiro atoms. The predicted octanol–water partition coefficient (Wildman–Crippen LogP) is 3.38. The van der Waals surface area contributed by atoms with Gasteiger partial charge in [-0.25, -0.2) is 14.4 Å². The lowest BCUT2D eigenvalue weighted by Crippen LogP contribution is -2.46. The zero-order chi connectivity index (χ0) is 22.4. The number of rotatable bonds is 8. The van der Waals surface area contributed by atoms with E-state index in [1.807, 2.05) is 0 Å². The first-order chi connectivity index (χ1) is 14.9. The van der Waals surface area contributed by atoms with Crippen molar-refractivity contribution in [3.05, 3.63) is 63.5 Å². The minimum Gasteiger partial charge on any atom is -0.463 e. The van der Waals surface area contributed by atoms with Crippen LogP contribution in [0.3, 0.4) is 0 Å². The number of urea groups is 1. The highest BCUT2D eigenvalue weighted by Crippen LogP contribution is 2.30. The summed E-state index contributed by atoms with van der Waals surface area (Å²) in [7, 11) is 0. The molecule has 1 aliphatic heterocycles. The molecule has 0 saturated heterocycles. The van der Waals surface area contributed by atoms with E-state index in [4.69, 9.17) is 9.47 Å². The quantitative estimate of drug-likeness (QED) is 0.596. The Morgan fingerprint density at radius 2 is 1.97 bits per heavy atom. The molecule has 3 rings (SSSR count). The Kier molecular flexibility index (Phi) is 7.19. The van der Waals surface area contributed by atoms with E-state index >= 15 is 0 Å². The zero-order valence-electron chi connectivity index (χ0n) is 16.2. The van der Waals surface area contributed by atoms with Crippen molar-refractivity contribution in [1.29, 1.82) is 0 Å². The summed E-state index contributed by atoms with van der Waals surface area (Å²) < 4.78 is 39.4. The molecule has 0 aliphatic carbocycles. The van der Waals surface area contributed by atoms with Gasteiger partial charge in [-0.1, -0.05) is 12.1 Å². The topological polar surface area (TPSA) is 103 Å². The number of esters is 2. The molecule has 2 heterocycles. The molecular formula is C20H18F2N2O6S. The number of ether oxygens (including phenoxy) is 3. The fourth-order valence-corrected chi connectivity index (χ4v) is 3.66. The average molecular weight is 452 g/mol. The number of alkyl halides is 2. The van der Waals surface area contributed by atoms with Gasteiger partial charge in [0.15, 0.2) is 0 Å². The van der Waals surface area contributed by atoms with Gasteiger partial charge >= 0.3 is 24.6 Å². The molecule has 8 nitrogen and oxygen atoms in total. The van der Waals surface area contributed by atoms with E-state index in [0.717, 1.165) is 6.07 Å². The maximum Gasteiger partial charge on any atom is 0.387 e. The number of hydrogen-bond acceptors (Lipinski definition) is 7. The first-order valence-corrected chi connectivity index (χ1v) is 10.00. The van der Waals surface area contributed by atoms with Crippen LogP contribution < -0.4 is 15.4 Å². The summed E-state index contributed by atoms with van der Waals surface area (Å²) in [5.41, 5.74) is 0.131. The molecular weight excluding hydrogens is 434 g/mol. The Balaban J connectivity index is 1.84. The SMILES string of the molecule is CCOC(=O)C1=C(COC(=O)c2cccc(OC(F)F)c2)NC(=O)N[C@H]1c1cccs1. The van der Waals surface area contributed by atoms with Gasteiger partial charge in [-0.15, -0.1) is 11.3 Å².